The topological polar surface area (TPSA) is 153 Å². The molecule has 37 heavy (non-hydrogen) atoms. The Labute approximate surface area is 214 Å². The number of nitrogens with one attached hydrogen (secondary N) is 1. The minimum atomic E-state index is -4.08. The third kappa shape index (κ3) is 5.96. The molecule has 3 N–H and O–H groups in total. The molecule has 1 atom stereocenters. The van der Waals surface area contributed by atoms with Crippen LogP contribution in [0.3, 0.4) is 0 Å². The first kappa shape index (κ1) is 26.7. The summed E-state index contributed by atoms with van der Waals surface area (Å²) in [6.45, 7) is 1.64. The van der Waals surface area contributed by atoms with E-state index in [9.17, 15) is 26.0 Å². The van der Waals surface area contributed by atoms with Crippen LogP contribution in [0.4, 0.5) is 10.1 Å². The van der Waals surface area contributed by atoms with Crippen molar-refractivity contribution in [2.75, 3.05) is 18.4 Å². The van der Waals surface area contributed by atoms with Crippen LogP contribution < -0.4 is 10.5 Å². The van der Waals surface area contributed by atoms with Gasteiger partial charge in [-0.15, -0.1) is 0 Å². The molecule has 10 nitrogen and oxygen atoms in total. The van der Waals surface area contributed by atoms with E-state index in [1.807, 2.05) is 0 Å². The van der Waals surface area contributed by atoms with Crippen LogP contribution in [0.25, 0.3) is 12.2 Å². The molecular weight excluding hydrogens is 523 g/mol. The SMILES string of the molecule is Cc1noc(/C=C/c2ccccc2F)c1S(=O)(=O)N1CCC[C@H](C(=O)Nc2ccc(S(N)(=O)=O)cc2)C1. The Morgan fingerprint density at radius 2 is 1.84 bits per heavy atom. The molecule has 0 bridgehead atoms. The molecule has 1 aliphatic heterocycles. The molecule has 1 fully saturated rings. The fourth-order valence-corrected chi connectivity index (χ4v) is 6.34. The number of nitrogens with zero attached hydrogens (tertiary/aromatic N) is 2. The van der Waals surface area contributed by atoms with E-state index < -0.39 is 37.7 Å². The molecular formula is C24H25FN4O6S2. The van der Waals surface area contributed by atoms with Crippen LogP contribution in [0.5, 0.6) is 0 Å². The maximum Gasteiger partial charge on any atom is 0.248 e. The van der Waals surface area contributed by atoms with Gasteiger partial charge in [0, 0.05) is 24.3 Å². The first-order valence-electron chi connectivity index (χ1n) is 11.3. The Bertz CT molecular complexity index is 1550. The second kappa shape index (κ2) is 10.5. The average molecular weight is 549 g/mol. The molecule has 0 radical (unpaired) electrons. The van der Waals surface area contributed by atoms with E-state index in [2.05, 4.69) is 10.5 Å². The summed E-state index contributed by atoms with van der Waals surface area (Å²) in [5.41, 5.74) is 0.759. The van der Waals surface area contributed by atoms with E-state index in [0.29, 0.717) is 18.5 Å². The van der Waals surface area contributed by atoms with Crippen LogP contribution in [0, 0.1) is 18.7 Å². The third-order valence-electron chi connectivity index (χ3n) is 5.96. The molecule has 1 amide bonds. The van der Waals surface area contributed by atoms with Crippen molar-refractivity contribution in [1.82, 2.24) is 9.46 Å². The van der Waals surface area contributed by atoms with Gasteiger partial charge in [-0.2, -0.15) is 4.31 Å². The van der Waals surface area contributed by atoms with Gasteiger partial charge in [-0.25, -0.2) is 26.4 Å². The van der Waals surface area contributed by atoms with E-state index in [4.69, 9.17) is 9.66 Å². The molecule has 4 rings (SSSR count). The van der Waals surface area contributed by atoms with Crippen LogP contribution in [-0.4, -0.2) is 45.3 Å². The Morgan fingerprint density at radius 3 is 2.51 bits per heavy atom. The maximum absolute atomic E-state index is 14.0. The van der Waals surface area contributed by atoms with Crippen LogP contribution in [0.1, 0.15) is 29.9 Å². The fraction of sp³-hybridized carbons (Fsp3) is 0.250. The molecule has 13 heteroatoms. The van der Waals surface area contributed by atoms with Gasteiger partial charge in [0.1, 0.15) is 11.5 Å². The minimum Gasteiger partial charge on any atom is -0.355 e. The summed E-state index contributed by atoms with van der Waals surface area (Å²) in [4.78, 5) is 12.6. The number of anilines is 1. The summed E-state index contributed by atoms with van der Waals surface area (Å²) >= 11 is 0. The van der Waals surface area contributed by atoms with Gasteiger partial charge in [-0.1, -0.05) is 23.4 Å². The number of primary sulfonamides is 1. The lowest BCUT2D eigenvalue weighted by molar-refractivity contribution is -0.120. The highest BCUT2D eigenvalue weighted by Crippen LogP contribution is 2.30. The molecule has 2 aromatic carbocycles. The summed E-state index contributed by atoms with van der Waals surface area (Å²) in [7, 11) is -7.95. The summed E-state index contributed by atoms with van der Waals surface area (Å²) in [6, 6.07) is 11.4. The van der Waals surface area contributed by atoms with E-state index in [1.165, 1.54) is 53.7 Å². The molecule has 0 unspecified atom stereocenters. The van der Waals surface area contributed by atoms with Crippen molar-refractivity contribution < 1.29 is 30.5 Å². The molecule has 0 spiro atoms. The number of aromatic nitrogens is 1. The normalized spacial score (nSPS) is 17.2. The number of rotatable bonds is 7. The van der Waals surface area contributed by atoms with Gasteiger partial charge in [0.05, 0.1) is 10.8 Å². The van der Waals surface area contributed by atoms with Crippen molar-refractivity contribution in [3.8, 4) is 0 Å². The summed E-state index contributed by atoms with van der Waals surface area (Å²) in [5, 5.41) is 11.6. The fourth-order valence-electron chi connectivity index (χ4n) is 4.05. The maximum atomic E-state index is 14.0. The van der Waals surface area contributed by atoms with E-state index in [0.717, 1.165) is 0 Å². The highest BCUT2D eigenvalue weighted by Gasteiger charge is 2.37. The zero-order valence-electron chi connectivity index (χ0n) is 19.8. The second-order valence-corrected chi connectivity index (χ2v) is 12.0. The monoisotopic (exact) mass is 548 g/mol. The van der Waals surface area contributed by atoms with E-state index in [1.54, 1.807) is 18.2 Å². The van der Waals surface area contributed by atoms with Gasteiger partial charge in [-0.3, -0.25) is 4.79 Å². The Kier molecular flexibility index (Phi) is 7.59. The first-order valence-corrected chi connectivity index (χ1v) is 14.3. The number of amides is 1. The van der Waals surface area contributed by atoms with Crippen LogP contribution in [0.15, 0.2) is 62.8 Å². The quantitative estimate of drug-likeness (QED) is 0.460. The predicted molar refractivity (Wildman–Crippen MR) is 134 cm³/mol. The van der Waals surface area contributed by atoms with Gasteiger partial charge in [0.2, 0.25) is 26.0 Å². The highest BCUT2D eigenvalue weighted by atomic mass is 32.2. The number of sulfonamides is 2. The first-order chi connectivity index (χ1) is 17.5. The van der Waals surface area contributed by atoms with Gasteiger partial charge in [-0.05, 0) is 62.2 Å². The van der Waals surface area contributed by atoms with Crippen LogP contribution in [-0.2, 0) is 24.8 Å². The Hall–Kier alpha value is -3.39. The van der Waals surface area contributed by atoms with E-state index in [-0.39, 0.29) is 39.9 Å². The van der Waals surface area contributed by atoms with Crippen molar-refractivity contribution >= 4 is 43.8 Å². The minimum absolute atomic E-state index is 0.0396. The van der Waals surface area contributed by atoms with Crippen molar-refractivity contribution in [3.63, 3.8) is 0 Å². The zero-order chi connectivity index (χ0) is 26.8. The van der Waals surface area contributed by atoms with Crippen LogP contribution in [0.2, 0.25) is 0 Å². The number of carbonyl (C=O) groups excluding carboxylic acids is 1. The summed E-state index contributed by atoms with van der Waals surface area (Å²) in [6.07, 6.45) is 3.68. The molecule has 0 saturated carbocycles. The number of carbonyl (C=O) groups is 1. The number of halogens is 1. The number of aryl methyl sites for hydroxylation is 1. The Balaban J connectivity index is 1.51. The lowest BCUT2D eigenvalue weighted by atomic mass is 9.99. The predicted octanol–water partition coefficient (Wildman–Crippen LogP) is 2.98. The molecule has 1 aliphatic rings. The van der Waals surface area contributed by atoms with Crippen molar-refractivity contribution in [3.05, 3.63) is 71.4 Å². The Morgan fingerprint density at radius 1 is 1.14 bits per heavy atom. The third-order valence-corrected chi connectivity index (χ3v) is 8.91. The zero-order valence-corrected chi connectivity index (χ0v) is 21.4. The largest absolute Gasteiger partial charge is 0.355 e. The molecule has 0 aliphatic carbocycles. The summed E-state index contributed by atoms with van der Waals surface area (Å²) < 4.78 is 70.3. The van der Waals surface area contributed by atoms with Gasteiger partial charge >= 0.3 is 0 Å². The van der Waals surface area contributed by atoms with Crippen molar-refractivity contribution in [2.45, 2.75) is 29.6 Å². The number of nitrogens with two attached hydrogens (primary N) is 1. The van der Waals surface area contributed by atoms with E-state index >= 15 is 0 Å². The van der Waals surface area contributed by atoms with Gasteiger partial charge in [0.25, 0.3) is 0 Å². The molecule has 1 aromatic heterocycles. The molecule has 3 aromatic rings. The number of piperidine rings is 1. The standard InChI is InChI=1S/C24H25FN4O6S2/c1-16-23(22(35-28-16)13-8-17-5-2-3-7-21(17)25)37(33,34)29-14-4-6-18(15-29)24(30)27-19-9-11-20(12-10-19)36(26,31)32/h2-3,5,7-13,18H,4,6,14-15H2,1H3,(H,27,30)(H2,26,31,32)/b13-8+/t18-/m0/s1. The van der Waals surface area contributed by atoms with Crippen LogP contribution >= 0.6 is 0 Å². The lowest BCUT2D eigenvalue weighted by Gasteiger charge is -2.31. The highest BCUT2D eigenvalue weighted by molar-refractivity contribution is 7.89. The summed E-state index contributed by atoms with van der Waals surface area (Å²) in [5.74, 6) is -1.55. The molecule has 196 valence electrons. The number of hydrogen-bond donors (Lipinski definition) is 2. The second-order valence-electron chi connectivity index (χ2n) is 8.58. The molecule has 1 saturated heterocycles. The smallest absolute Gasteiger partial charge is 0.248 e. The average Bonchev–Trinajstić information content (AvgIpc) is 3.24. The van der Waals surface area contributed by atoms with Crippen molar-refractivity contribution in [1.29, 1.82) is 0 Å². The van der Waals surface area contributed by atoms with Gasteiger partial charge in [0.15, 0.2) is 10.7 Å². The lowest BCUT2D eigenvalue weighted by Crippen LogP contribution is -2.43. The van der Waals surface area contributed by atoms with Crippen molar-refractivity contribution in [2.24, 2.45) is 11.1 Å². The number of hydrogen-bond acceptors (Lipinski definition) is 7. The van der Waals surface area contributed by atoms with Gasteiger partial charge < -0.3 is 9.84 Å². The molecule has 2 heterocycles. The number of benzene rings is 2.